The lowest BCUT2D eigenvalue weighted by Gasteiger charge is -2.23. The summed E-state index contributed by atoms with van der Waals surface area (Å²) in [7, 11) is 1.56. The van der Waals surface area contributed by atoms with Crippen molar-refractivity contribution in [2.24, 2.45) is 0 Å². The Hall–Kier alpha value is -2.76. The fourth-order valence-electron chi connectivity index (χ4n) is 2.86. The molecule has 6 nitrogen and oxygen atoms in total. The third-order valence-corrected chi connectivity index (χ3v) is 4.01. The van der Waals surface area contributed by atoms with Crippen LogP contribution in [0.25, 0.3) is 0 Å². The molecule has 2 heterocycles. The molecule has 2 aromatic rings. The zero-order chi connectivity index (χ0) is 16.2. The summed E-state index contributed by atoms with van der Waals surface area (Å²) in [5.41, 5.74) is 2.43. The molecule has 2 aromatic heterocycles. The van der Waals surface area contributed by atoms with Gasteiger partial charge in [-0.3, -0.25) is 14.6 Å². The molecule has 23 heavy (non-hydrogen) atoms. The van der Waals surface area contributed by atoms with Crippen molar-refractivity contribution in [2.45, 2.75) is 25.2 Å². The second-order valence-corrected chi connectivity index (χ2v) is 5.49. The van der Waals surface area contributed by atoms with Crippen molar-refractivity contribution in [3.8, 4) is 0 Å². The van der Waals surface area contributed by atoms with E-state index in [1.54, 1.807) is 25.4 Å². The van der Waals surface area contributed by atoms with Gasteiger partial charge >= 0.3 is 0 Å². The van der Waals surface area contributed by atoms with Gasteiger partial charge in [0.15, 0.2) is 0 Å². The monoisotopic (exact) mass is 310 g/mol. The minimum atomic E-state index is -0.273. The number of anilines is 1. The van der Waals surface area contributed by atoms with E-state index in [1.165, 1.54) is 6.20 Å². The minimum absolute atomic E-state index is 0.133. The first-order chi connectivity index (χ1) is 11.2. The van der Waals surface area contributed by atoms with E-state index in [1.807, 2.05) is 12.1 Å². The van der Waals surface area contributed by atoms with Gasteiger partial charge < -0.3 is 10.6 Å². The molecular weight excluding hydrogens is 292 g/mol. The molecular formula is C17H18N4O2. The fourth-order valence-corrected chi connectivity index (χ4v) is 2.86. The molecule has 0 spiro atoms. The van der Waals surface area contributed by atoms with Crippen LogP contribution in [0.15, 0.2) is 36.7 Å². The van der Waals surface area contributed by atoms with E-state index in [0.717, 1.165) is 30.5 Å². The van der Waals surface area contributed by atoms with Gasteiger partial charge in [0.05, 0.1) is 11.6 Å². The Morgan fingerprint density at radius 1 is 1.22 bits per heavy atom. The molecule has 0 aliphatic heterocycles. The zero-order valence-electron chi connectivity index (χ0n) is 12.9. The molecule has 6 heteroatoms. The molecule has 0 bridgehead atoms. The van der Waals surface area contributed by atoms with E-state index in [9.17, 15) is 9.59 Å². The average Bonchev–Trinajstić information content (AvgIpc) is 2.60. The molecule has 1 aliphatic carbocycles. The van der Waals surface area contributed by atoms with E-state index in [0.29, 0.717) is 11.4 Å². The second-order valence-electron chi connectivity index (χ2n) is 5.49. The smallest absolute Gasteiger partial charge is 0.251 e. The molecule has 1 aliphatic rings. The summed E-state index contributed by atoms with van der Waals surface area (Å²) in [5, 5.41) is 5.35. The molecule has 2 N–H and O–H groups in total. The average molecular weight is 310 g/mol. The summed E-state index contributed by atoms with van der Waals surface area (Å²) >= 11 is 0. The number of aryl methyl sites for hydroxylation is 1. The van der Waals surface area contributed by atoms with Crippen LogP contribution in [0.2, 0.25) is 0 Å². The standard InChI is InChI=1S/C17H18N4O2/c1-18-16(22)12-7-9-19-14(10-12)21-17(23)13-6-2-4-11-5-3-8-20-15(11)13/h3,5,7-10,13H,2,4,6H2,1H3,(H,18,22)(H,19,21,23). The van der Waals surface area contributed by atoms with Gasteiger partial charge in [-0.2, -0.15) is 0 Å². The van der Waals surface area contributed by atoms with Crippen LogP contribution in [-0.2, 0) is 11.2 Å². The van der Waals surface area contributed by atoms with E-state index in [4.69, 9.17) is 0 Å². The predicted molar refractivity (Wildman–Crippen MR) is 86.2 cm³/mol. The Bertz CT molecular complexity index is 745. The predicted octanol–water partition coefficient (Wildman–Crippen LogP) is 1.89. The molecule has 0 fully saturated rings. The van der Waals surface area contributed by atoms with E-state index in [-0.39, 0.29) is 17.7 Å². The molecule has 3 rings (SSSR count). The van der Waals surface area contributed by atoms with Gasteiger partial charge in [-0.15, -0.1) is 0 Å². The number of amides is 2. The number of hydrogen-bond donors (Lipinski definition) is 2. The number of aromatic nitrogens is 2. The number of carbonyl (C=O) groups excluding carboxylic acids is 2. The first-order valence-electron chi connectivity index (χ1n) is 7.62. The van der Waals surface area contributed by atoms with Gasteiger partial charge in [0.25, 0.3) is 5.91 Å². The molecule has 118 valence electrons. The summed E-state index contributed by atoms with van der Waals surface area (Å²) in [6.45, 7) is 0. The zero-order valence-corrected chi connectivity index (χ0v) is 12.9. The Morgan fingerprint density at radius 3 is 2.91 bits per heavy atom. The summed E-state index contributed by atoms with van der Waals surface area (Å²) in [4.78, 5) is 32.7. The van der Waals surface area contributed by atoms with Crippen molar-refractivity contribution in [3.63, 3.8) is 0 Å². The van der Waals surface area contributed by atoms with Gasteiger partial charge in [0.2, 0.25) is 5.91 Å². The lowest BCUT2D eigenvalue weighted by molar-refractivity contribution is -0.118. The van der Waals surface area contributed by atoms with Crippen LogP contribution in [-0.4, -0.2) is 28.8 Å². The van der Waals surface area contributed by atoms with Crippen molar-refractivity contribution < 1.29 is 9.59 Å². The van der Waals surface area contributed by atoms with Gasteiger partial charge in [-0.05, 0) is 43.0 Å². The van der Waals surface area contributed by atoms with Crippen molar-refractivity contribution in [3.05, 3.63) is 53.5 Å². The quantitative estimate of drug-likeness (QED) is 0.907. The maximum Gasteiger partial charge on any atom is 0.251 e. The van der Waals surface area contributed by atoms with E-state index in [2.05, 4.69) is 20.6 Å². The first-order valence-corrected chi connectivity index (χ1v) is 7.62. The van der Waals surface area contributed by atoms with Gasteiger partial charge in [-0.25, -0.2) is 4.98 Å². The number of rotatable bonds is 3. The van der Waals surface area contributed by atoms with Crippen molar-refractivity contribution in [1.29, 1.82) is 0 Å². The Balaban J connectivity index is 1.79. The number of pyridine rings is 2. The SMILES string of the molecule is CNC(=O)c1ccnc(NC(=O)C2CCCc3cccnc32)c1. The number of carbonyl (C=O) groups is 2. The van der Waals surface area contributed by atoms with Gasteiger partial charge in [0, 0.05) is 25.0 Å². The summed E-state index contributed by atoms with van der Waals surface area (Å²) in [6.07, 6.45) is 5.91. The number of hydrogen-bond acceptors (Lipinski definition) is 4. The molecule has 0 saturated heterocycles. The van der Waals surface area contributed by atoms with Crippen LogP contribution in [0.1, 0.15) is 40.4 Å². The summed E-state index contributed by atoms with van der Waals surface area (Å²) in [5.74, 6) is -0.247. The molecule has 1 atom stereocenters. The first kappa shape index (κ1) is 15.1. The van der Waals surface area contributed by atoms with Crippen LogP contribution >= 0.6 is 0 Å². The Morgan fingerprint density at radius 2 is 2.09 bits per heavy atom. The van der Waals surface area contributed by atoms with E-state index < -0.39 is 0 Å². The third-order valence-electron chi connectivity index (χ3n) is 4.01. The molecule has 0 radical (unpaired) electrons. The lowest BCUT2D eigenvalue weighted by Crippen LogP contribution is -2.26. The molecule has 2 amide bonds. The van der Waals surface area contributed by atoms with Crippen LogP contribution < -0.4 is 10.6 Å². The Kier molecular flexibility index (Phi) is 4.32. The van der Waals surface area contributed by atoms with Crippen molar-refractivity contribution >= 4 is 17.6 Å². The summed E-state index contributed by atoms with van der Waals surface area (Å²) < 4.78 is 0. The number of nitrogens with one attached hydrogen (secondary N) is 2. The highest BCUT2D eigenvalue weighted by molar-refractivity contribution is 5.98. The maximum absolute atomic E-state index is 12.6. The number of nitrogens with zero attached hydrogens (tertiary/aromatic N) is 2. The highest BCUT2D eigenvalue weighted by Crippen LogP contribution is 2.30. The minimum Gasteiger partial charge on any atom is -0.355 e. The summed E-state index contributed by atoms with van der Waals surface area (Å²) in [6, 6.07) is 7.09. The third kappa shape index (κ3) is 3.21. The fraction of sp³-hybridized carbons (Fsp3) is 0.294. The Labute approximate surface area is 134 Å². The van der Waals surface area contributed by atoms with E-state index >= 15 is 0 Å². The topological polar surface area (TPSA) is 84.0 Å². The van der Waals surface area contributed by atoms with Crippen LogP contribution in [0.5, 0.6) is 0 Å². The van der Waals surface area contributed by atoms with Crippen LogP contribution in [0.3, 0.4) is 0 Å². The van der Waals surface area contributed by atoms with Crippen molar-refractivity contribution in [1.82, 2.24) is 15.3 Å². The van der Waals surface area contributed by atoms with Crippen LogP contribution in [0.4, 0.5) is 5.82 Å². The van der Waals surface area contributed by atoms with Crippen molar-refractivity contribution in [2.75, 3.05) is 12.4 Å². The van der Waals surface area contributed by atoms with Crippen LogP contribution in [0, 0.1) is 0 Å². The number of fused-ring (bicyclic) bond motifs is 1. The highest BCUT2D eigenvalue weighted by atomic mass is 16.2. The van der Waals surface area contributed by atoms with Gasteiger partial charge in [-0.1, -0.05) is 6.07 Å². The molecule has 0 saturated carbocycles. The molecule has 1 unspecified atom stereocenters. The highest BCUT2D eigenvalue weighted by Gasteiger charge is 2.27. The largest absolute Gasteiger partial charge is 0.355 e. The second kappa shape index (κ2) is 6.56. The maximum atomic E-state index is 12.6. The normalized spacial score (nSPS) is 16.3. The van der Waals surface area contributed by atoms with Gasteiger partial charge in [0.1, 0.15) is 5.82 Å². The lowest BCUT2D eigenvalue weighted by atomic mass is 9.86. The molecule has 0 aromatic carbocycles.